The van der Waals surface area contributed by atoms with Crippen LogP contribution in [-0.2, 0) is 11.3 Å². The zero-order valence-corrected chi connectivity index (χ0v) is 11.2. The molecule has 0 aliphatic carbocycles. The van der Waals surface area contributed by atoms with Gasteiger partial charge in [-0.25, -0.2) is 4.39 Å². The maximum Gasteiger partial charge on any atom is 0.141 e. The SMILES string of the molecule is CN(Cc1ccc(F)c(Cl)c1)CC1CNCCO1. The van der Waals surface area contributed by atoms with Crippen LogP contribution in [0.1, 0.15) is 5.56 Å². The average molecular weight is 273 g/mol. The summed E-state index contributed by atoms with van der Waals surface area (Å²) in [4.78, 5) is 2.15. The average Bonchev–Trinajstić information content (AvgIpc) is 2.35. The van der Waals surface area contributed by atoms with Crippen molar-refractivity contribution in [1.29, 1.82) is 0 Å². The van der Waals surface area contributed by atoms with Crippen LogP contribution in [0.3, 0.4) is 0 Å². The van der Waals surface area contributed by atoms with Crippen LogP contribution in [0.2, 0.25) is 5.02 Å². The first-order chi connectivity index (χ1) is 8.65. The lowest BCUT2D eigenvalue weighted by atomic mass is 10.2. The number of nitrogens with one attached hydrogen (secondary N) is 1. The first kappa shape index (κ1) is 13.7. The number of halogens is 2. The number of rotatable bonds is 4. The van der Waals surface area contributed by atoms with Gasteiger partial charge in [0, 0.05) is 26.2 Å². The fraction of sp³-hybridized carbons (Fsp3) is 0.538. The summed E-state index contributed by atoms with van der Waals surface area (Å²) in [6, 6.07) is 4.84. The van der Waals surface area contributed by atoms with Crippen molar-refractivity contribution < 1.29 is 9.13 Å². The van der Waals surface area contributed by atoms with Crippen molar-refractivity contribution in [2.24, 2.45) is 0 Å². The number of hydrogen-bond donors (Lipinski definition) is 1. The molecule has 0 aromatic heterocycles. The van der Waals surface area contributed by atoms with Crippen LogP contribution < -0.4 is 5.32 Å². The molecule has 0 radical (unpaired) electrons. The third kappa shape index (κ3) is 3.92. The van der Waals surface area contributed by atoms with Gasteiger partial charge in [0.1, 0.15) is 5.82 Å². The molecule has 1 unspecified atom stereocenters. The lowest BCUT2D eigenvalue weighted by molar-refractivity contribution is 0.00884. The molecule has 1 aliphatic rings. The van der Waals surface area contributed by atoms with Crippen molar-refractivity contribution in [3.63, 3.8) is 0 Å². The van der Waals surface area contributed by atoms with E-state index >= 15 is 0 Å². The van der Waals surface area contributed by atoms with Gasteiger partial charge < -0.3 is 10.1 Å². The zero-order valence-electron chi connectivity index (χ0n) is 10.5. The third-order valence-corrected chi connectivity index (χ3v) is 3.25. The number of nitrogens with zero attached hydrogens (tertiary/aromatic N) is 1. The van der Waals surface area contributed by atoms with Gasteiger partial charge in [0.05, 0.1) is 17.7 Å². The molecule has 0 amide bonds. The molecule has 1 heterocycles. The summed E-state index contributed by atoms with van der Waals surface area (Å²) in [5, 5.41) is 3.48. The molecule has 0 saturated carbocycles. The maximum atomic E-state index is 13.0. The van der Waals surface area contributed by atoms with E-state index in [1.54, 1.807) is 12.1 Å². The molecule has 1 saturated heterocycles. The second-order valence-electron chi connectivity index (χ2n) is 4.64. The molecule has 0 bridgehead atoms. The Morgan fingerprint density at radius 3 is 3.06 bits per heavy atom. The predicted octanol–water partition coefficient (Wildman–Crippen LogP) is 1.90. The summed E-state index contributed by atoms with van der Waals surface area (Å²) < 4.78 is 18.7. The summed E-state index contributed by atoms with van der Waals surface area (Å²) in [7, 11) is 2.02. The van der Waals surface area contributed by atoms with Gasteiger partial charge >= 0.3 is 0 Å². The van der Waals surface area contributed by atoms with E-state index in [4.69, 9.17) is 16.3 Å². The van der Waals surface area contributed by atoms with Gasteiger partial charge in [0.25, 0.3) is 0 Å². The molecule has 1 aromatic rings. The highest BCUT2D eigenvalue weighted by molar-refractivity contribution is 6.30. The van der Waals surface area contributed by atoms with Crippen molar-refractivity contribution in [2.45, 2.75) is 12.6 Å². The van der Waals surface area contributed by atoms with E-state index in [2.05, 4.69) is 10.2 Å². The Kier molecular flexibility index (Phi) is 4.95. The Bertz CT molecular complexity index is 397. The molecule has 1 atom stereocenters. The molecule has 3 nitrogen and oxygen atoms in total. The van der Waals surface area contributed by atoms with Gasteiger partial charge in [0.15, 0.2) is 0 Å². The third-order valence-electron chi connectivity index (χ3n) is 2.96. The molecule has 1 N–H and O–H groups in total. The smallest absolute Gasteiger partial charge is 0.141 e. The second-order valence-corrected chi connectivity index (χ2v) is 5.05. The topological polar surface area (TPSA) is 24.5 Å². The van der Waals surface area contributed by atoms with Gasteiger partial charge in [-0.3, -0.25) is 4.90 Å². The second kappa shape index (κ2) is 6.48. The molecular formula is C13H18ClFN2O. The summed E-state index contributed by atoms with van der Waals surface area (Å²) >= 11 is 5.76. The van der Waals surface area contributed by atoms with Crippen LogP contribution in [0.15, 0.2) is 18.2 Å². The van der Waals surface area contributed by atoms with Crippen LogP contribution in [0.25, 0.3) is 0 Å². The van der Waals surface area contributed by atoms with Crippen molar-refractivity contribution in [3.05, 3.63) is 34.6 Å². The Balaban J connectivity index is 1.85. The quantitative estimate of drug-likeness (QED) is 0.906. The van der Waals surface area contributed by atoms with E-state index in [1.807, 2.05) is 7.05 Å². The molecule has 1 aliphatic heterocycles. The van der Waals surface area contributed by atoms with Crippen molar-refractivity contribution in [1.82, 2.24) is 10.2 Å². The summed E-state index contributed by atoms with van der Waals surface area (Å²) in [6.07, 6.45) is 0.222. The molecule has 1 aromatic carbocycles. The highest BCUT2D eigenvalue weighted by Gasteiger charge is 2.15. The molecule has 18 heavy (non-hydrogen) atoms. The Hall–Kier alpha value is -0.680. The number of ether oxygens (including phenoxy) is 1. The van der Waals surface area contributed by atoms with Crippen molar-refractivity contribution in [3.8, 4) is 0 Å². The fourth-order valence-corrected chi connectivity index (χ4v) is 2.30. The highest BCUT2D eigenvalue weighted by atomic mass is 35.5. The van der Waals surface area contributed by atoms with Crippen LogP contribution in [0.5, 0.6) is 0 Å². The normalized spacial score (nSPS) is 20.3. The Labute approximate surface area is 112 Å². The standard InChI is InChI=1S/C13H18ClFN2O/c1-17(9-11-7-16-4-5-18-11)8-10-2-3-13(15)12(14)6-10/h2-3,6,11,16H,4-5,7-9H2,1H3. The van der Waals surface area contributed by atoms with Gasteiger partial charge in [-0.2, -0.15) is 0 Å². The Morgan fingerprint density at radius 1 is 1.56 bits per heavy atom. The molecule has 5 heteroatoms. The van der Waals surface area contributed by atoms with E-state index in [9.17, 15) is 4.39 Å². The number of likely N-dealkylation sites (N-methyl/N-ethyl adjacent to an activating group) is 1. The van der Waals surface area contributed by atoms with Crippen molar-refractivity contribution >= 4 is 11.6 Å². The van der Waals surface area contributed by atoms with E-state index in [0.717, 1.165) is 38.3 Å². The van der Waals surface area contributed by atoms with Crippen LogP contribution in [0, 0.1) is 5.82 Å². The largest absolute Gasteiger partial charge is 0.374 e. The lowest BCUT2D eigenvalue weighted by Crippen LogP contribution is -2.44. The molecule has 2 rings (SSSR count). The number of benzene rings is 1. The minimum absolute atomic E-state index is 0.177. The van der Waals surface area contributed by atoms with E-state index in [-0.39, 0.29) is 16.9 Å². The molecule has 1 fully saturated rings. The van der Waals surface area contributed by atoms with E-state index in [1.165, 1.54) is 6.07 Å². The number of hydrogen-bond acceptors (Lipinski definition) is 3. The zero-order chi connectivity index (χ0) is 13.0. The number of morpholine rings is 1. The first-order valence-corrected chi connectivity index (χ1v) is 6.48. The van der Waals surface area contributed by atoms with Gasteiger partial charge in [0.2, 0.25) is 0 Å². The van der Waals surface area contributed by atoms with E-state index < -0.39 is 0 Å². The summed E-state index contributed by atoms with van der Waals surface area (Å²) in [6.45, 7) is 4.16. The highest BCUT2D eigenvalue weighted by Crippen LogP contribution is 2.17. The maximum absolute atomic E-state index is 13.0. The van der Waals surface area contributed by atoms with Gasteiger partial charge in [-0.15, -0.1) is 0 Å². The monoisotopic (exact) mass is 272 g/mol. The van der Waals surface area contributed by atoms with Crippen molar-refractivity contribution in [2.75, 3.05) is 33.3 Å². The van der Waals surface area contributed by atoms with Crippen LogP contribution in [0.4, 0.5) is 4.39 Å². The lowest BCUT2D eigenvalue weighted by Gasteiger charge is -2.28. The van der Waals surface area contributed by atoms with Gasteiger partial charge in [-0.05, 0) is 24.7 Å². The fourth-order valence-electron chi connectivity index (χ4n) is 2.10. The van der Waals surface area contributed by atoms with Crippen LogP contribution >= 0.6 is 11.6 Å². The molecule has 100 valence electrons. The van der Waals surface area contributed by atoms with E-state index in [0.29, 0.717) is 0 Å². The minimum atomic E-state index is -0.372. The predicted molar refractivity (Wildman–Crippen MR) is 70.4 cm³/mol. The van der Waals surface area contributed by atoms with Gasteiger partial charge in [-0.1, -0.05) is 17.7 Å². The molecular weight excluding hydrogens is 255 g/mol. The summed E-state index contributed by atoms with van der Waals surface area (Å²) in [5.41, 5.74) is 1.01. The minimum Gasteiger partial charge on any atom is -0.374 e. The Morgan fingerprint density at radius 2 is 2.39 bits per heavy atom. The molecule has 0 spiro atoms. The van der Waals surface area contributed by atoms with Crippen LogP contribution in [-0.4, -0.2) is 44.3 Å². The summed E-state index contributed by atoms with van der Waals surface area (Å²) in [5.74, 6) is -0.372. The first-order valence-electron chi connectivity index (χ1n) is 6.10.